The second-order valence-electron chi connectivity index (χ2n) is 6.00. The number of nitrogens with one attached hydrogen (secondary N) is 1. The molecule has 0 unspecified atom stereocenters. The van der Waals surface area contributed by atoms with Crippen LogP contribution in [0.25, 0.3) is 0 Å². The van der Waals surface area contributed by atoms with Gasteiger partial charge >= 0.3 is 5.69 Å². The van der Waals surface area contributed by atoms with Gasteiger partial charge in [-0.3, -0.25) is 14.9 Å². The molecule has 0 bridgehead atoms. The van der Waals surface area contributed by atoms with E-state index < -0.39 is 16.5 Å². The molecule has 9 nitrogen and oxygen atoms in total. The third-order valence-electron chi connectivity index (χ3n) is 4.49. The lowest BCUT2D eigenvalue weighted by molar-refractivity contribution is -0.386. The molecule has 0 aliphatic carbocycles. The molecule has 0 saturated carbocycles. The highest BCUT2D eigenvalue weighted by atomic mass is 16.6. The van der Waals surface area contributed by atoms with Crippen molar-refractivity contribution in [3.63, 3.8) is 0 Å². The monoisotopic (exact) mass is 388 g/mol. The summed E-state index contributed by atoms with van der Waals surface area (Å²) in [4.78, 5) is 24.0. The minimum atomic E-state index is -0.673. The number of rotatable bonds is 6. The van der Waals surface area contributed by atoms with Crippen molar-refractivity contribution in [1.82, 2.24) is 5.32 Å². The Morgan fingerprint density at radius 2 is 1.89 bits per heavy atom. The Hall–Kier alpha value is -3.49. The maximum absolute atomic E-state index is 13.0. The number of fused-ring (bicyclic) bond motifs is 1. The topological polar surface area (TPSA) is 109 Å². The summed E-state index contributed by atoms with van der Waals surface area (Å²) >= 11 is 0. The highest BCUT2D eigenvalue weighted by Crippen LogP contribution is 2.46. The molecule has 28 heavy (non-hydrogen) atoms. The molecule has 148 valence electrons. The van der Waals surface area contributed by atoms with E-state index in [1.165, 1.54) is 27.4 Å². The number of carbonyl (C=O) groups is 1. The number of para-hydroxylation sites is 1. The molecule has 2 aromatic rings. The number of nitro benzene ring substituents is 1. The van der Waals surface area contributed by atoms with Crippen molar-refractivity contribution < 1.29 is 28.7 Å². The van der Waals surface area contributed by atoms with Gasteiger partial charge in [0.15, 0.2) is 5.75 Å². The summed E-state index contributed by atoms with van der Waals surface area (Å²) in [6.45, 7) is 0.430. The molecule has 1 N–H and O–H groups in total. The normalized spacial score (nSPS) is 15.0. The summed E-state index contributed by atoms with van der Waals surface area (Å²) in [5, 5.41) is 14.5. The molecule has 1 amide bonds. The number of methoxy groups -OCH3 is 3. The quantitative estimate of drug-likeness (QED) is 0.598. The first-order valence-electron chi connectivity index (χ1n) is 8.51. The number of amides is 1. The summed E-state index contributed by atoms with van der Waals surface area (Å²) in [6.07, 6.45) is 0.543. The van der Waals surface area contributed by atoms with Gasteiger partial charge in [0.05, 0.1) is 38.9 Å². The molecule has 0 spiro atoms. The highest BCUT2D eigenvalue weighted by molar-refractivity contribution is 6.01. The van der Waals surface area contributed by atoms with Crippen LogP contribution in [-0.4, -0.2) is 38.8 Å². The van der Waals surface area contributed by atoms with E-state index in [0.717, 1.165) is 5.56 Å². The number of nitrogens with zero attached hydrogens (tertiary/aromatic N) is 1. The van der Waals surface area contributed by atoms with Crippen LogP contribution in [0.5, 0.6) is 23.0 Å². The minimum absolute atomic E-state index is 0.0460. The van der Waals surface area contributed by atoms with Crippen molar-refractivity contribution in [3.8, 4) is 23.0 Å². The third-order valence-corrected chi connectivity index (χ3v) is 4.49. The zero-order chi connectivity index (χ0) is 20.3. The first kappa shape index (κ1) is 19.3. The average Bonchev–Trinajstić information content (AvgIpc) is 2.71. The molecule has 0 aromatic heterocycles. The van der Waals surface area contributed by atoms with E-state index in [0.29, 0.717) is 18.8 Å². The van der Waals surface area contributed by atoms with Crippen LogP contribution in [0, 0.1) is 10.1 Å². The molecule has 2 aromatic carbocycles. The van der Waals surface area contributed by atoms with Gasteiger partial charge in [-0.25, -0.2) is 0 Å². The molecule has 1 aliphatic rings. The van der Waals surface area contributed by atoms with Crippen LogP contribution in [0.4, 0.5) is 5.69 Å². The van der Waals surface area contributed by atoms with Crippen LogP contribution in [0.2, 0.25) is 0 Å². The first-order chi connectivity index (χ1) is 13.5. The molecule has 0 saturated heterocycles. The largest absolute Gasteiger partial charge is 0.493 e. The Morgan fingerprint density at radius 3 is 2.54 bits per heavy atom. The summed E-state index contributed by atoms with van der Waals surface area (Å²) in [6, 6.07) is 8.29. The van der Waals surface area contributed by atoms with E-state index in [1.807, 2.05) is 24.3 Å². The van der Waals surface area contributed by atoms with Crippen molar-refractivity contribution in [1.29, 1.82) is 0 Å². The predicted octanol–water partition coefficient (Wildman–Crippen LogP) is 2.87. The van der Waals surface area contributed by atoms with E-state index in [2.05, 4.69) is 5.32 Å². The number of ether oxygens (including phenoxy) is 4. The summed E-state index contributed by atoms with van der Waals surface area (Å²) < 4.78 is 21.2. The Bertz CT molecular complexity index is 913. The van der Waals surface area contributed by atoms with Crippen LogP contribution in [0.3, 0.4) is 0 Å². The van der Waals surface area contributed by atoms with E-state index in [-0.39, 0.29) is 28.9 Å². The van der Waals surface area contributed by atoms with E-state index in [9.17, 15) is 14.9 Å². The van der Waals surface area contributed by atoms with Gasteiger partial charge in [0.1, 0.15) is 11.3 Å². The lowest BCUT2D eigenvalue weighted by atomic mass is 10.00. The van der Waals surface area contributed by atoms with Crippen molar-refractivity contribution in [2.24, 2.45) is 0 Å². The molecule has 1 atom stereocenters. The van der Waals surface area contributed by atoms with Gasteiger partial charge in [0.2, 0.25) is 11.5 Å². The van der Waals surface area contributed by atoms with Gasteiger partial charge in [-0.2, -0.15) is 0 Å². The van der Waals surface area contributed by atoms with E-state index in [1.54, 1.807) is 0 Å². The molecule has 1 aliphatic heterocycles. The van der Waals surface area contributed by atoms with Crippen LogP contribution >= 0.6 is 0 Å². The van der Waals surface area contributed by atoms with Crippen molar-refractivity contribution in [2.75, 3.05) is 27.9 Å². The lowest BCUT2D eigenvalue weighted by Crippen LogP contribution is -2.32. The molecule has 0 radical (unpaired) electrons. The highest BCUT2D eigenvalue weighted by Gasteiger charge is 2.34. The summed E-state index contributed by atoms with van der Waals surface area (Å²) in [7, 11) is 3.98. The van der Waals surface area contributed by atoms with Gasteiger partial charge < -0.3 is 24.3 Å². The Labute approximate surface area is 161 Å². The van der Waals surface area contributed by atoms with Crippen molar-refractivity contribution >= 4 is 11.6 Å². The first-order valence-corrected chi connectivity index (χ1v) is 8.51. The fraction of sp³-hybridized carbons (Fsp3) is 0.316. The second kappa shape index (κ2) is 8.03. The number of hydrogen-bond donors (Lipinski definition) is 1. The zero-order valence-electron chi connectivity index (χ0n) is 15.7. The molecule has 3 rings (SSSR count). The summed E-state index contributed by atoms with van der Waals surface area (Å²) in [5.41, 5.74) is 0.152. The van der Waals surface area contributed by atoms with Crippen molar-refractivity contribution in [2.45, 2.75) is 12.5 Å². The smallest absolute Gasteiger partial charge is 0.327 e. The molecule has 9 heteroatoms. The molecule has 1 heterocycles. The average molecular weight is 388 g/mol. The predicted molar refractivity (Wildman–Crippen MR) is 99.5 cm³/mol. The van der Waals surface area contributed by atoms with Gasteiger partial charge in [-0.1, -0.05) is 18.2 Å². The summed E-state index contributed by atoms with van der Waals surface area (Å²) in [5.74, 6) is 0.0858. The number of carbonyl (C=O) groups excluding carboxylic acids is 1. The fourth-order valence-electron chi connectivity index (χ4n) is 3.22. The van der Waals surface area contributed by atoms with Crippen LogP contribution in [-0.2, 0) is 0 Å². The van der Waals surface area contributed by atoms with E-state index in [4.69, 9.17) is 18.9 Å². The van der Waals surface area contributed by atoms with Gasteiger partial charge in [-0.05, 0) is 6.07 Å². The van der Waals surface area contributed by atoms with Gasteiger partial charge in [-0.15, -0.1) is 0 Å². The molecule has 0 fully saturated rings. The molecular weight excluding hydrogens is 368 g/mol. The number of nitro groups is 1. The number of hydrogen-bond acceptors (Lipinski definition) is 7. The molecular formula is C19H20N2O7. The van der Waals surface area contributed by atoms with Crippen LogP contribution < -0.4 is 24.3 Å². The van der Waals surface area contributed by atoms with Gasteiger partial charge in [0, 0.05) is 18.1 Å². The third kappa shape index (κ3) is 3.38. The lowest BCUT2D eigenvalue weighted by Gasteiger charge is -2.26. The van der Waals surface area contributed by atoms with E-state index >= 15 is 0 Å². The number of benzene rings is 2. The second-order valence-corrected chi connectivity index (χ2v) is 6.00. The maximum Gasteiger partial charge on any atom is 0.327 e. The standard InChI is InChI=1S/C19H20N2O7/c1-25-15-10-12(16(21(23)24)18(27-3)17(15)26-2)19(22)20-13-8-9-28-14-7-5-4-6-11(13)14/h4-7,10,13H,8-9H2,1-3H3,(H,20,22)/t13-/m1/s1. The van der Waals surface area contributed by atoms with Crippen LogP contribution in [0.1, 0.15) is 28.4 Å². The van der Waals surface area contributed by atoms with Crippen molar-refractivity contribution in [3.05, 3.63) is 51.6 Å². The fourth-order valence-corrected chi connectivity index (χ4v) is 3.22. The Balaban J connectivity index is 2.03. The Morgan fingerprint density at radius 1 is 1.18 bits per heavy atom. The van der Waals surface area contributed by atoms with Crippen LogP contribution in [0.15, 0.2) is 30.3 Å². The zero-order valence-corrected chi connectivity index (χ0v) is 15.7. The Kier molecular flexibility index (Phi) is 5.53. The van der Waals surface area contributed by atoms with Gasteiger partial charge in [0.25, 0.3) is 5.91 Å². The minimum Gasteiger partial charge on any atom is -0.493 e. The SMILES string of the molecule is COc1cc(C(=O)N[C@@H]2CCOc3ccccc32)c([N+](=O)[O-])c(OC)c1OC. The maximum atomic E-state index is 13.0.